The third-order valence-electron chi connectivity index (χ3n) is 1.50. The Labute approximate surface area is 62.5 Å². The number of rotatable bonds is 3. The van der Waals surface area contributed by atoms with Crippen LogP contribution in [0.3, 0.4) is 0 Å². The van der Waals surface area contributed by atoms with Gasteiger partial charge < -0.3 is 10.3 Å². The predicted octanol–water partition coefficient (Wildman–Crippen LogP) is -0.177. The zero-order chi connectivity index (χ0) is 8.41. The van der Waals surface area contributed by atoms with Crippen molar-refractivity contribution in [3.05, 3.63) is 5.41 Å². The van der Waals surface area contributed by atoms with Gasteiger partial charge in [0, 0.05) is 0 Å². The molecule has 0 aliphatic heterocycles. The first-order valence-corrected chi connectivity index (χ1v) is 3.61. The van der Waals surface area contributed by atoms with Gasteiger partial charge in [-0.05, 0) is 26.9 Å². The lowest BCUT2D eigenvalue weighted by Gasteiger charge is -2.10. The number of nitrogens with one attached hydrogen (secondary N) is 1. The van der Waals surface area contributed by atoms with Crippen LogP contribution in [0.5, 0.6) is 0 Å². The average Bonchev–Trinajstić information content (AvgIpc) is 1.93. The first kappa shape index (κ1) is 12.1. The van der Waals surface area contributed by atoms with Crippen molar-refractivity contribution in [3.63, 3.8) is 0 Å². The normalized spacial score (nSPS) is 8.00. The maximum atomic E-state index is 8.24. The van der Waals surface area contributed by atoms with Crippen LogP contribution in [0.4, 0.5) is 0 Å². The minimum Gasteiger partial charge on any atom is -0.724 e. The summed E-state index contributed by atoms with van der Waals surface area (Å²) in [6, 6.07) is 0. The van der Waals surface area contributed by atoms with E-state index in [0.29, 0.717) is 6.08 Å². The SMILES string of the molecule is CC[NH+](CC)CC.[N-]=C=O. The van der Waals surface area contributed by atoms with Gasteiger partial charge in [-0.15, -0.1) is 0 Å². The van der Waals surface area contributed by atoms with Crippen molar-refractivity contribution >= 4 is 6.08 Å². The van der Waals surface area contributed by atoms with Crippen LogP contribution in [0.25, 0.3) is 5.41 Å². The van der Waals surface area contributed by atoms with E-state index in [2.05, 4.69) is 20.8 Å². The minimum absolute atomic E-state index is 0.500. The fourth-order valence-corrected chi connectivity index (χ4v) is 0.750. The monoisotopic (exact) mass is 144 g/mol. The van der Waals surface area contributed by atoms with E-state index < -0.39 is 0 Å². The molecule has 0 aromatic rings. The fourth-order valence-electron chi connectivity index (χ4n) is 0.750. The Morgan fingerprint density at radius 2 is 1.40 bits per heavy atom. The van der Waals surface area contributed by atoms with Gasteiger partial charge in [-0.3, -0.25) is 4.79 Å². The number of isocyanates is 1. The molecular weight excluding hydrogens is 128 g/mol. The van der Waals surface area contributed by atoms with Crippen LogP contribution in [0.2, 0.25) is 0 Å². The van der Waals surface area contributed by atoms with Crippen LogP contribution in [0, 0.1) is 0 Å². The number of carbonyl (C=O) groups excluding carboxylic acids is 1. The van der Waals surface area contributed by atoms with Crippen molar-refractivity contribution < 1.29 is 9.69 Å². The van der Waals surface area contributed by atoms with Gasteiger partial charge in [0.05, 0.1) is 19.6 Å². The molecule has 0 atom stereocenters. The highest BCUT2D eigenvalue weighted by molar-refractivity contribution is 5.36. The molecule has 3 nitrogen and oxygen atoms in total. The summed E-state index contributed by atoms with van der Waals surface area (Å²) < 4.78 is 0. The van der Waals surface area contributed by atoms with E-state index in [1.165, 1.54) is 19.6 Å². The van der Waals surface area contributed by atoms with E-state index in [1.54, 1.807) is 4.90 Å². The summed E-state index contributed by atoms with van der Waals surface area (Å²) in [5.74, 6) is 0. The summed E-state index contributed by atoms with van der Waals surface area (Å²) >= 11 is 0. The van der Waals surface area contributed by atoms with Crippen LogP contribution in [0.15, 0.2) is 0 Å². The Bertz CT molecular complexity index is 78.1. The summed E-state index contributed by atoms with van der Waals surface area (Å²) in [7, 11) is 0. The van der Waals surface area contributed by atoms with Crippen molar-refractivity contribution in [3.8, 4) is 0 Å². The van der Waals surface area contributed by atoms with Crippen molar-refractivity contribution in [2.45, 2.75) is 20.8 Å². The van der Waals surface area contributed by atoms with Crippen LogP contribution in [-0.2, 0) is 4.79 Å². The topological polar surface area (TPSA) is 43.8 Å². The number of hydrogen-bond donors (Lipinski definition) is 1. The molecule has 0 bridgehead atoms. The highest BCUT2D eigenvalue weighted by atomic mass is 16.1. The Kier molecular flexibility index (Phi) is 13.5. The highest BCUT2D eigenvalue weighted by Crippen LogP contribution is 1.45. The van der Waals surface area contributed by atoms with E-state index in [9.17, 15) is 0 Å². The van der Waals surface area contributed by atoms with Crippen LogP contribution in [0.1, 0.15) is 20.8 Å². The molecule has 0 spiro atoms. The molecule has 0 aromatic heterocycles. The Morgan fingerprint density at radius 1 is 1.20 bits per heavy atom. The maximum Gasteiger partial charge on any atom is 0.0742 e. The van der Waals surface area contributed by atoms with E-state index in [4.69, 9.17) is 10.2 Å². The zero-order valence-corrected chi connectivity index (χ0v) is 6.98. The molecule has 0 radical (unpaired) electrons. The largest absolute Gasteiger partial charge is 0.724 e. The first-order chi connectivity index (χ1) is 4.76. The Hall–Kier alpha value is -0.660. The second kappa shape index (κ2) is 11.2. The molecule has 0 fully saturated rings. The Morgan fingerprint density at radius 3 is 1.40 bits per heavy atom. The van der Waals surface area contributed by atoms with Crippen molar-refractivity contribution in [2.75, 3.05) is 19.6 Å². The molecule has 0 aliphatic rings. The molecule has 1 N–H and O–H groups in total. The number of quaternary nitrogens is 1. The second-order valence-electron chi connectivity index (χ2n) is 1.90. The molecule has 10 heavy (non-hydrogen) atoms. The van der Waals surface area contributed by atoms with Gasteiger partial charge in [0.25, 0.3) is 0 Å². The summed E-state index contributed by atoms with van der Waals surface area (Å²) in [6.07, 6.45) is 0.500. The summed E-state index contributed by atoms with van der Waals surface area (Å²) in [5.41, 5.74) is 0. The lowest BCUT2D eigenvalue weighted by Crippen LogP contribution is -3.11. The molecular formula is C7H16N2O. The smallest absolute Gasteiger partial charge is 0.0742 e. The predicted molar refractivity (Wildman–Crippen MR) is 41.6 cm³/mol. The molecule has 3 heteroatoms. The molecule has 60 valence electrons. The van der Waals surface area contributed by atoms with Crippen LogP contribution in [-0.4, -0.2) is 25.7 Å². The van der Waals surface area contributed by atoms with E-state index >= 15 is 0 Å². The molecule has 0 saturated heterocycles. The molecule has 0 heterocycles. The standard InChI is InChI=1S/C6H15N.CNO/c1-4-7(5-2)6-3;2-1-3/h4-6H2,1-3H3;/q;-1/p+1. The Balaban J connectivity index is 0. The lowest BCUT2D eigenvalue weighted by atomic mass is 10.5. The summed E-state index contributed by atoms with van der Waals surface area (Å²) in [5, 5.41) is 6.76. The third-order valence-corrected chi connectivity index (χ3v) is 1.50. The molecule has 0 amide bonds. The van der Waals surface area contributed by atoms with Crippen LogP contribution < -0.4 is 4.90 Å². The van der Waals surface area contributed by atoms with Gasteiger partial charge in [-0.2, -0.15) is 0 Å². The van der Waals surface area contributed by atoms with Gasteiger partial charge in [-0.25, -0.2) is 0 Å². The highest BCUT2D eigenvalue weighted by Gasteiger charge is 1.92. The molecule has 0 aliphatic carbocycles. The van der Waals surface area contributed by atoms with Gasteiger partial charge in [0.1, 0.15) is 0 Å². The first-order valence-electron chi connectivity index (χ1n) is 3.61. The van der Waals surface area contributed by atoms with Crippen molar-refractivity contribution in [1.29, 1.82) is 0 Å². The van der Waals surface area contributed by atoms with Gasteiger partial charge in [-0.1, -0.05) is 0 Å². The molecule has 0 rings (SSSR count). The van der Waals surface area contributed by atoms with Crippen molar-refractivity contribution in [2.24, 2.45) is 0 Å². The van der Waals surface area contributed by atoms with Crippen LogP contribution >= 0.6 is 0 Å². The van der Waals surface area contributed by atoms with Gasteiger partial charge in [0.15, 0.2) is 0 Å². The number of nitrogens with zero attached hydrogens (tertiary/aromatic N) is 1. The van der Waals surface area contributed by atoms with E-state index in [1.807, 2.05) is 0 Å². The maximum absolute atomic E-state index is 8.24. The third kappa shape index (κ3) is 10.3. The van der Waals surface area contributed by atoms with Gasteiger partial charge >= 0.3 is 0 Å². The van der Waals surface area contributed by atoms with Gasteiger partial charge in [0.2, 0.25) is 0 Å². The zero-order valence-electron chi connectivity index (χ0n) is 6.98. The minimum atomic E-state index is 0.500. The quantitative estimate of drug-likeness (QED) is 0.433. The average molecular weight is 144 g/mol. The second-order valence-corrected chi connectivity index (χ2v) is 1.90. The molecule has 0 aromatic carbocycles. The fraction of sp³-hybridized carbons (Fsp3) is 0.857. The van der Waals surface area contributed by atoms with Crippen molar-refractivity contribution in [1.82, 2.24) is 0 Å². The molecule has 0 saturated carbocycles. The molecule has 0 unspecified atom stereocenters. The number of hydrogen-bond acceptors (Lipinski definition) is 1. The summed E-state index contributed by atoms with van der Waals surface area (Å²) in [6.45, 7) is 10.5. The van der Waals surface area contributed by atoms with E-state index in [0.717, 1.165) is 0 Å². The summed E-state index contributed by atoms with van der Waals surface area (Å²) in [4.78, 5) is 9.92. The lowest BCUT2D eigenvalue weighted by molar-refractivity contribution is -0.894. The van der Waals surface area contributed by atoms with E-state index in [-0.39, 0.29) is 0 Å².